The van der Waals surface area contributed by atoms with Crippen molar-refractivity contribution in [3.05, 3.63) is 94.0 Å². The fourth-order valence-corrected chi connectivity index (χ4v) is 3.26. The molecule has 3 aromatic rings. The summed E-state index contributed by atoms with van der Waals surface area (Å²) >= 11 is 3.36. The zero-order valence-electron chi connectivity index (χ0n) is 18.0. The predicted molar refractivity (Wildman–Crippen MR) is 133 cm³/mol. The van der Waals surface area contributed by atoms with Crippen molar-refractivity contribution in [2.45, 2.75) is 0 Å². The molecule has 3 aromatic carbocycles. The molecule has 0 saturated heterocycles. The highest BCUT2D eigenvalue weighted by molar-refractivity contribution is 9.10. The number of hydrogen-bond donors (Lipinski definition) is 2. The number of benzene rings is 3. The van der Waals surface area contributed by atoms with Crippen LogP contribution in [0.4, 0.5) is 5.69 Å². The molecule has 0 aliphatic rings. The van der Waals surface area contributed by atoms with E-state index in [1.165, 1.54) is 20.4 Å². The highest BCUT2D eigenvalue weighted by Crippen LogP contribution is 2.28. The fourth-order valence-electron chi connectivity index (χ4n) is 2.90. The summed E-state index contributed by atoms with van der Waals surface area (Å²) in [6.45, 7) is 0. The molecule has 0 heterocycles. The van der Waals surface area contributed by atoms with Crippen LogP contribution in [0.5, 0.6) is 11.5 Å². The topological polar surface area (TPSA) is 89.0 Å². The van der Waals surface area contributed by atoms with Crippen molar-refractivity contribution in [1.29, 1.82) is 0 Å². The SMILES string of the molecule is COc1ccc(C(=O)Nc2ccc(Br)cc2C(=O)NN=CC=Cc2ccccc2)cc1OC. The summed E-state index contributed by atoms with van der Waals surface area (Å²) in [4.78, 5) is 25.5. The average Bonchev–Trinajstić information content (AvgIpc) is 2.84. The Bertz CT molecular complexity index is 1190. The Morgan fingerprint density at radius 3 is 2.39 bits per heavy atom. The lowest BCUT2D eigenvalue weighted by Gasteiger charge is -2.12. The van der Waals surface area contributed by atoms with Gasteiger partial charge in [-0.15, -0.1) is 0 Å². The molecule has 3 rings (SSSR count). The monoisotopic (exact) mass is 507 g/mol. The summed E-state index contributed by atoms with van der Waals surface area (Å²) in [6, 6.07) is 19.5. The second-order valence-electron chi connectivity index (χ2n) is 6.70. The second-order valence-corrected chi connectivity index (χ2v) is 7.62. The lowest BCUT2D eigenvalue weighted by molar-refractivity contribution is 0.0956. The van der Waals surface area contributed by atoms with E-state index in [2.05, 4.69) is 31.8 Å². The molecule has 0 spiro atoms. The van der Waals surface area contributed by atoms with Gasteiger partial charge in [0.1, 0.15) is 0 Å². The van der Waals surface area contributed by atoms with Gasteiger partial charge < -0.3 is 14.8 Å². The minimum atomic E-state index is -0.469. The van der Waals surface area contributed by atoms with Gasteiger partial charge >= 0.3 is 0 Å². The molecular weight excluding hydrogens is 486 g/mol. The molecule has 0 unspecified atom stereocenters. The van der Waals surface area contributed by atoms with Crippen LogP contribution in [0.1, 0.15) is 26.3 Å². The molecule has 168 valence electrons. The van der Waals surface area contributed by atoms with Crippen molar-refractivity contribution in [2.24, 2.45) is 5.10 Å². The van der Waals surface area contributed by atoms with Crippen LogP contribution in [0.3, 0.4) is 0 Å². The summed E-state index contributed by atoms with van der Waals surface area (Å²) < 4.78 is 11.1. The van der Waals surface area contributed by atoms with Crippen LogP contribution in [0.25, 0.3) is 6.08 Å². The molecule has 2 N–H and O–H groups in total. The lowest BCUT2D eigenvalue weighted by Crippen LogP contribution is -2.21. The van der Waals surface area contributed by atoms with E-state index in [1.807, 2.05) is 36.4 Å². The minimum Gasteiger partial charge on any atom is -0.493 e. The molecule has 0 atom stereocenters. The maximum Gasteiger partial charge on any atom is 0.273 e. The summed E-state index contributed by atoms with van der Waals surface area (Å²) in [5, 5.41) is 6.71. The number of nitrogens with one attached hydrogen (secondary N) is 2. The smallest absolute Gasteiger partial charge is 0.273 e. The van der Waals surface area contributed by atoms with E-state index in [0.29, 0.717) is 27.2 Å². The number of hydrogen-bond acceptors (Lipinski definition) is 5. The Morgan fingerprint density at radius 2 is 1.67 bits per heavy atom. The van der Waals surface area contributed by atoms with Gasteiger partial charge in [0.15, 0.2) is 11.5 Å². The van der Waals surface area contributed by atoms with E-state index >= 15 is 0 Å². The Morgan fingerprint density at radius 1 is 0.909 bits per heavy atom. The van der Waals surface area contributed by atoms with E-state index < -0.39 is 11.8 Å². The molecule has 33 heavy (non-hydrogen) atoms. The third-order valence-electron chi connectivity index (χ3n) is 4.54. The average molecular weight is 508 g/mol. The Labute approximate surface area is 200 Å². The summed E-state index contributed by atoms with van der Waals surface area (Å²) in [5.74, 6) is 0.0682. The lowest BCUT2D eigenvalue weighted by atomic mass is 10.1. The van der Waals surface area contributed by atoms with Crippen molar-refractivity contribution < 1.29 is 19.1 Å². The van der Waals surface area contributed by atoms with Crippen LogP contribution in [-0.2, 0) is 0 Å². The second kappa shape index (κ2) is 11.6. The number of hydrazone groups is 1. The van der Waals surface area contributed by atoms with Gasteiger partial charge in [0.25, 0.3) is 11.8 Å². The third kappa shape index (κ3) is 6.54. The zero-order valence-corrected chi connectivity index (χ0v) is 19.6. The minimum absolute atomic E-state index is 0.252. The number of anilines is 1. The van der Waals surface area contributed by atoms with E-state index in [4.69, 9.17) is 9.47 Å². The maximum atomic E-state index is 12.8. The number of carbonyl (C=O) groups is 2. The first-order valence-electron chi connectivity index (χ1n) is 9.90. The molecule has 0 radical (unpaired) electrons. The molecule has 7 nitrogen and oxygen atoms in total. The molecule has 0 aliphatic heterocycles. The first kappa shape index (κ1) is 23.7. The van der Waals surface area contributed by atoms with Crippen LogP contribution in [-0.4, -0.2) is 32.2 Å². The largest absolute Gasteiger partial charge is 0.493 e. The quantitative estimate of drug-likeness (QED) is 0.326. The van der Waals surface area contributed by atoms with E-state index in [9.17, 15) is 9.59 Å². The standard InChI is InChI=1S/C25H22BrN3O4/c1-32-22-13-10-18(15-23(22)33-2)24(30)28-21-12-11-19(26)16-20(21)25(31)29-27-14-6-9-17-7-4-3-5-8-17/h3-16H,1-2H3,(H,28,30)(H,29,31). The van der Waals surface area contributed by atoms with Gasteiger partial charge in [0, 0.05) is 16.3 Å². The van der Waals surface area contributed by atoms with Gasteiger partial charge in [-0.3, -0.25) is 9.59 Å². The van der Waals surface area contributed by atoms with E-state index in [1.54, 1.807) is 42.5 Å². The van der Waals surface area contributed by atoms with Crippen LogP contribution in [0, 0.1) is 0 Å². The number of ether oxygens (including phenoxy) is 2. The normalized spacial score (nSPS) is 10.9. The first-order valence-corrected chi connectivity index (χ1v) is 10.7. The van der Waals surface area contributed by atoms with Crippen molar-refractivity contribution >= 4 is 45.7 Å². The molecule has 8 heteroatoms. The van der Waals surface area contributed by atoms with Gasteiger partial charge in [-0.05, 0) is 48.0 Å². The highest BCUT2D eigenvalue weighted by Gasteiger charge is 2.16. The summed E-state index contributed by atoms with van der Waals surface area (Å²) in [5.41, 5.74) is 4.43. The van der Waals surface area contributed by atoms with Crippen LogP contribution in [0.15, 0.2) is 82.4 Å². The number of nitrogens with zero attached hydrogens (tertiary/aromatic N) is 1. The summed E-state index contributed by atoms with van der Waals surface area (Å²) in [7, 11) is 3.01. The van der Waals surface area contributed by atoms with Crippen molar-refractivity contribution in [3.63, 3.8) is 0 Å². The van der Waals surface area contributed by atoms with E-state index in [-0.39, 0.29) is 5.56 Å². The van der Waals surface area contributed by atoms with Gasteiger partial charge in [0.05, 0.1) is 25.5 Å². The molecule has 0 aromatic heterocycles. The maximum absolute atomic E-state index is 12.8. The molecule has 0 fully saturated rings. The Kier molecular flexibility index (Phi) is 8.37. The number of amides is 2. The number of rotatable bonds is 8. The van der Waals surface area contributed by atoms with Gasteiger partial charge in [-0.1, -0.05) is 52.3 Å². The van der Waals surface area contributed by atoms with Crippen LogP contribution in [0.2, 0.25) is 0 Å². The number of carbonyl (C=O) groups excluding carboxylic acids is 2. The predicted octanol–water partition coefficient (Wildman–Crippen LogP) is 5.15. The first-order chi connectivity index (χ1) is 16.0. The Hall–Kier alpha value is -3.91. The molecule has 0 aliphatic carbocycles. The van der Waals surface area contributed by atoms with Gasteiger partial charge in [-0.2, -0.15) is 5.10 Å². The summed E-state index contributed by atoms with van der Waals surface area (Å²) in [6.07, 6.45) is 5.06. The van der Waals surface area contributed by atoms with Crippen molar-refractivity contribution in [2.75, 3.05) is 19.5 Å². The molecule has 2 amide bonds. The number of allylic oxidation sites excluding steroid dienone is 1. The number of methoxy groups -OCH3 is 2. The van der Waals surface area contributed by atoms with Crippen molar-refractivity contribution in [3.8, 4) is 11.5 Å². The third-order valence-corrected chi connectivity index (χ3v) is 5.03. The molecule has 0 saturated carbocycles. The fraction of sp³-hybridized carbons (Fsp3) is 0.0800. The van der Waals surface area contributed by atoms with Crippen molar-refractivity contribution in [1.82, 2.24) is 5.43 Å². The molecular formula is C25H22BrN3O4. The Balaban J connectivity index is 1.72. The van der Waals surface area contributed by atoms with Gasteiger partial charge in [-0.25, -0.2) is 5.43 Å². The zero-order chi connectivity index (χ0) is 23.6. The van der Waals surface area contributed by atoms with E-state index in [0.717, 1.165) is 5.56 Å². The molecule has 0 bridgehead atoms. The van der Waals surface area contributed by atoms with Crippen LogP contribution >= 0.6 is 15.9 Å². The van der Waals surface area contributed by atoms with Crippen LogP contribution < -0.4 is 20.2 Å². The highest BCUT2D eigenvalue weighted by atomic mass is 79.9. The van der Waals surface area contributed by atoms with Gasteiger partial charge in [0.2, 0.25) is 0 Å². The number of halogens is 1.